The Kier molecular flexibility index (Phi) is 2.45. The first-order valence-corrected chi connectivity index (χ1v) is 5.76. The number of imide groups is 1. The van der Waals surface area contributed by atoms with Gasteiger partial charge in [-0.25, -0.2) is 0 Å². The van der Waals surface area contributed by atoms with Crippen LogP contribution in [0, 0.1) is 0 Å². The number of nitrogen functional groups attached to an aromatic ring is 1. The smallest absolute Gasteiger partial charge is 0.259 e. The fraction of sp³-hybridized carbons (Fsp3) is 0. The number of anilines is 3. The van der Waals surface area contributed by atoms with Crippen LogP contribution < -0.4 is 16.4 Å². The topological polar surface area (TPSA) is 84.2 Å². The highest BCUT2D eigenvalue weighted by atomic mass is 16.2. The van der Waals surface area contributed by atoms with Crippen molar-refractivity contribution in [2.45, 2.75) is 0 Å². The molecule has 0 atom stereocenters. The molecule has 0 fully saturated rings. The average molecular weight is 253 g/mol. The van der Waals surface area contributed by atoms with E-state index in [9.17, 15) is 9.59 Å². The van der Waals surface area contributed by atoms with Crippen molar-refractivity contribution in [1.29, 1.82) is 0 Å². The van der Waals surface area contributed by atoms with Gasteiger partial charge in [-0.2, -0.15) is 0 Å². The molecule has 0 unspecified atom stereocenters. The number of fused-ring (bicyclic) bond motifs is 1. The third-order valence-electron chi connectivity index (χ3n) is 2.98. The Morgan fingerprint density at radius 3 is 2.47 bits per heavy atom. The fourth-order valence-electron chi connectivity index (χ4n) is 2.01. The largest absolute Gasteiger partial charge is 0.397 e. The van der Waals surface area contributed by atoms with Crippen LogP contribution in [-0.4, -0.2) is 11.8 Å². The molecule has 0 radical (unpaired) electrons. The second-order valence-electron chi connectivity index (χ2n) is 4.26. The normalized spacial score (nSPS) is 13.1. The molecule has 94 valence electrons. The first-order valence-electron chi connectivity index (χ1n) is 5.76. The number of amides is 2. The van der Waals surface area contributed by atoms with Crippen molar-refractivity contribution in [1.82, 2.24) is 5.32 Å². The molecule has 0 spiro atoms. The van der Waals surface area contributed by atoms with Gasteiger partial charge in [0.05, 0.1) is 22.5 Å². The van der Waals surface area contributed by atoms with Gasteiger partial charge in [0, 0.05) is 5.69 Å². The van der Waals surface area contributed by atoms with E-state index in [0.717, 1.165) is 5.69 Å². The van der Waals surface area contributed by atoms with E-state index in [1.807, 2.05) is 18.2 Å². The van der Waals surface area contributed by atoms with Gasteiger partial charge in [-0.3, -0.25) is 14.9 Å². The van der Waals surface area contributed by atoms with Crippen LogP contribution in [0.2, 0.25) is 0 Å². The summed E-state index contributed by atoms with van der Waals surface area (Å²) in [5.41, 5.74) is 8.69. The molecule has 3 rings (SSSR count). The van der Waals surface area contributed by atoms with Crippen LogP contribution >= 0.6 is 0 Å². The Bertz CT molecular complexity index is 695. The predicted octanol–water partition coefficient (Wildman–Crippen LogP) is 1.90. The van der Waals surface area contributed by atoms with Gasteiger partial charge in [0.15, 0.2) is 0 Å². The lowest BCUT2D eigenvalue weighted by atomic mass is 10.1. The number of benzene rings is 2. The summed E-state index contributed by atoms with van der Waals surface area (Å²) < 4.78 is 0. The lowest BCUT2D eigenvalue weighted by molar-refractivity contribution is 0.0879. The first kappa shape index (κ1) is 11.3. The summed E-state index contributed by atoms with van der Waals surface area (Å²) in [5, 5.41) is 5.38. The zero-order valence-electron chi connectivity index (χ0n) is 9.94. The number of hydrogen-bond acceptors (Lipinski definition) is 4. The molecule has 5 heteroatoms. The van der Waals surface area contributed by atoms with Crippen LogP contribution in [0.5, 0.6) is 0 Å². The van der Waals surface area contributed by atoms with Crippen molar-refractivity contribution in [2.24, 2.45) is 0 Å². The molecule has 2 amide bonds. The van der Waals surface area contributed by atoms with Crippen molar-refractivity contribution in [3.63, 3.8) is 0 Å². The van der Waals surface area contributed by atoms with Gasteiger partial charge in [-0.05, 0) is 30.3 Å². The van der Waals surface area contributed by atoms with Gasteiger partial charge in [0.25, 0.3) is 11.8 Å². The van der Waals surface area contributed by atoms with E-state index in [-0.39, 0.29) is 11.8 Å². The van der Waals surface area contributed by atoms with E-state index in [4.69, 9.17) is 5.73 Å². The number of carbonyl (C=O) groups excluding carboxylic acids is 2. The fourth-order valence-corrected chi connectivity index (χ4v) is 2.01. The van der Waals surface area contributed by atoms with E-state index in [1.165, 1.54) is 0 Å². The number of nitrogens with two attached hydrogens (primary N) is 1. The highest BCUT2D eigenvalue weighted by Gasteiger charge is 2.26. The van der Waals surface area contributed by atoms with Crippen LogP contribution in [0.4, 0.5) is 17.1 Å². The number of para-hydroxylation sites is 2. The Labute approximate surface area is 109 Å². The number of carbonyl (C=O) groups is 2. The maximum atomic E-state index is 11.6. The highest BCUT2D eigenvalue weighted by molar-refractivity contribution is 6.21. The van der Waals surface area contributed by atoms with Gasteiger partial charge in [0.1, 0.15) is 0 Å². The molecule has 1 aliphatic rings. The molecular weight excluding hydrogens is 242 g/mol. The predicted molar refractivity (Wildman–Crippen MR) is 72.4 cm³/mol. The molecule has 2 aromatic rings. The summed E-state index contributed by atoms with van der Waals surface area (Å²) in [6.07, 6.45) is 0. The monoisotopic (exact) mass is 253 g/mol. The molecule has 4 N–H and O–H groups in total. The second-order valence-corrected chi connectivity index (χ2v) is 4.26. The third-order valence-corrected chi connectivity index (χ3v) is 2.98. The zero-order chi connectivity index (χ0) is 13.4. The van der Waals surface area contributed by atoms with Crippen LogP contribution in [0.3, 0.4) is 0 Å². The average Bonchev–Trinajstić information content (AvgIpc) is 2.68. The summed E-state index contributed by atoms with van der Waals surface area (Å²) in [6, 6.07) is 12.3. The SMILES string of the molecule is Nc1ccccc1Nc1ccc2c(c1)C(=O)NC2=O. The molecule has 2 aromatic carbocycles. The van der Waals surface area contributed by atoms with Crippen molar-refractivity contribution < 1.29 is 9.59 Å². The van der Waals surface area contributed by atoms with Crippen molar-refractivity contribution >= 4 is 28.9 Å². The van der Waals surface area contributed by atoms with Crippen LogP contribution in [0.15, 0.2) is 42.5 Å². The minimum absolute atomic E-state index is 0.356. The molecule has 0 aromatic heterocycles. The van der Waals surface area contributed by atoms with Crippen molar-refractivity contribution in [2.75, 3.05) is 11.1 Å². The summed E-state index contributed by atoms with van der Waals surface area (Å²) in [6.45, 7) is 0. The lowest BCUT2D eigenvalue weighted by Gasteiger charge is -2.09. The quantitative estimate of drug-likeness (QED) is 0.563. The molecule has 0 saturated carbocycles. The minimum Gasteiger partial charge on any atom is -0.397 e. The zero-order valence-corrected chi connectivity index (χ0v) is 9.94. The molecule has 0 bridgehead atoms. The standard InChI is InChI=1S/C14H11N3O2/c15-11-3-1-2-4-12(11)16-8-5-6-9-10(7-8)14(19)17-13(9)18/h1-7,16H,15H2,(H,17,18,19). The van der Waals surface area contributed by atoms with Gasteiger partial charge in [0.2, 0.25) is 0 Å². The van der Waals surface area contributed by atoms with Crippen LogP contribution in [-0.2, 0) is 0 Å². The Morgan fingerprint density at radius 2 is 1.68 bits per heavy atom. The molecule has 0 saturated heterocycles. The van der Waals surface area contributed by atoms with Gasteiger partial charge in [-0.15, -0.1) is 0 Å². The van der Waals surface area contributed by atoms with E-state index >= 15 is 0 Å². The van der Waals surface area contributed by atoms with Gasteiger partial charge in [-0.1, -0.05) is 12.1 Å². The summed E-state index contributed by atoms with van der Waals surface area (Å²) in [7, 11) is 0. The number of rotatable bonds is 2. The van der Waals surface area contributed by atoms with Crippen LogP contribution in [0.25, 0.3) is 0 Å². The van der Waals surface area contributed by atoms with Gasteiger partial charge < -0.3 is 11.1 Å². The summed E-state index contributed by atoms with van der Waals surface area (Å²) in [5.74, 6) is -0.726. The maximum absolute atomic E-state index is 11.6. The summed E-state index contributed by atoms with van der Waals surface area (Å²) in [4.78, 5) is 23.0. The number of hydrogen-bond donors (Lipinski definition) is 3. The third kappa shape index (κ3) is 1.91. The molecule has 0 aliphatic carbocycles. The molecule has 5 nitrogen and oxygen atoms in total. The minimum atomic E-state index is -0.371. The molecular formula is C14H11N3O2. The molecule has 19 heavy (non-hydrogen) atoms. The molecule has 1 heterocycles. The van der Waals surface area contributed by atoms with Crippen LogP contribution in [0.1, 0.15) is 20.7 Å². The van der Waals surface area contributed by atoms with Crippen molar-refractivity contribution in [3.8, 4) is 0 Å². The second kappa shape index (κ2) is 4.13. The lowest BCUT2D eigenvalue weighted by Crippen LogP contribution is -2.19. The van der Waals surface area contributed by atoms with E-state index in [2.05, 4.69) is 10.6 Å². The van der Waals surface area contributed by atoms with E-state index in [1.54, 1.807) is 24.3 Å². The Balaban J connectivity index is 1.96. The highest BCUT2D eigenvalue weighted by Crippen LogP contribution is 2.25. The summed E-state index contributed by atoms with van der Waals surface area (Å²) >= 11 is 0. The first-order chi connectivity index (χ1) is 9.15. The Hall–Kier alpha value is -2.82. The Morgan fingerprint density at radius 1 is 0.947 bits per heavy atom. The van der Waals surface area contributed by atoms with Gasteiger partial charge >= 0.3 is 0 Å². The maximum Gasteiger partial charge on any atom is 0.259 e. The number of nitrogens with one attached hydrogen (secondary N) is 2. The van der Waals surface area contributed by atoms with E-state index in [0.29, 0.717) is 22.5 Å². The van der Waals surface area contributed by atoms with E-state index < -0.39 is 0 Å². The van der Waals surface area contributed by atoms with Crippen molar-refractivity contribution in [3.05, 3.63) is 53.6 Å². The molecule has 1 aliphatic heterocycles.